The standard InChI is InChI=1S/C49H42N4O/c1-32(33-12-6-5-7-13-33)54-48(51-50)34-18-24-38(25-19-34)52-44-16-10-8-14-40(44)42-30-35(20-28-46(42)52)36-21-29-47-43(31-36)41-15-9-11-17-45(41)53(47)39-26-22-37(23-27-39)49(2,3)4/h5-32H,50H2,1-4H3/b51-48-. The normalized spacial score (nSPS) is 12.9. The lowest BCUT2D eigenvalue weighted by molar-refractivity contribution is 0.213. The summed E-state index contributed by atoms with van der Waals surface area (Å²) in [4.78, 5) is 0. The molecule has 0 aliphatic rings. The third-order valence-electron chi connectivity index (χ3n) is 10.7. The van der Waals surface area contributed by atoms with Crippen molar-refractivity contribution in [2.45, 2.75) is 39.2 Å². The molecule has 9 aromatic rings. The summed E-state index contributed by atoms with van der Waals surface area (Å²) in [6.07, 6.45) is -0.190. The van der Waals surface area contributed by atoms with Crippen LogP contribution in [0.2, 0.25) is 0 Å². The minimum absolute atomic E-state index is 0.104. The summed E-state index contributed by atoms with van der Waals surface area (Å²) in [5.74, 6) is 6.24. The Hall–Kier alpha value is -6.59. The van der Waals surface area contributed by atoms with Crippen LogP contribution in [0.4, 0.5) is 0 Å². The highest BCUT2D eigenvalue weighted by molar-refractivity contribution is 6.12. The van der Waals surface area contributed by atoms with E-state index in [0.29, 0.717) is 5.90 Å². The first kappa shape index (κ1) is 33.3. The van der Waals surface area contributed by atoms with Gasteiger partial charge in [0, 0.05) is 38.5 Å². The molecule has 0 saturated carbocycles. The maximum Gasteiger partial charge on any atom is 0.238 e. The van der Waals surface area contributed by atoms with Gasteiger partial charge in [0.25, 0.3) is 0 Å². The van der Waals surface area contributed by atoms with Gasteiger partial charge in [-0.2, -0.15) is 0 Å². The SMILES string of the molecule is CC(O/C(=N\N)c1ccc(-n2c3ccccc3c3cc(-c4ccc5c(c4)c4ccccc4n5-c4ccc(C(C)(C)C)cc4)ccc32)cc1)c1ccccc1. The van der Waals surface area contributed by atoms with Crippen LogP contribution in [0.1, 0.15) is 50.5 Å². The second-order valence-corrected chi connectivity index (χ2v) is 15.1. The molecule has 1 unspecified atom stereocenters. The van der Waals surface area contributed by atoms with E-state index in [2.05, 4.69) is 156 Å². The Morgan fingerprint density at radius 3 is 1.50 bits per heavy atom. The van der Waals surface area contributed by atoms with Gasteiger partial charge in [0.15, 0.2) is 0 Å². The van der Waals surface area contributed by atoms with Crippen LogP contribution >= 0.6 is 0 Å². The second-order valence-electron chi connectivity index (χ2n) is 15.1. The summed E-state index contributed by atoms with van der Waals surface area (Å²) >= 11 is 0. The van der Waals surface area contributed by atoms with Crippen LogP contribution in [0.3, 0.4) is 0 Å². The molecule has 0 spiro atoms. The van der Waals surface area contributed by atoms with Crippen LogP contribution in [0.5, 0.6) is 0 Å². The number of hydrogen-bond acceptors (Lipinski definition) is 3. The predicted octanol–water partition coefficient (Wildman–Crippen LogP) is 12.2. The van der Waals surface area contributed by atoms with Gasteiger partial charge in [-0.15, -0.1) is 5.10 Å². The molecule has 0 saturated heterocycles. The van der Waals surface area contributed by atoms with Crippen molar-refractivity contribution in [3.05, 3.63) is 180 Å². The van der Waals surface area contributed by atoms with E-state index in [0.717, 1.165) is 27.8 Å². The minimum atomic E-state index is -0.190. The van der Waals surface area contributed by atoms with Crippen molar-refractivity contribution < 1.29 is 4.74 Å². The lowest BCUT2D eigenvalue weighted by Crippen LogP contribution is -2.12. The van der Waals surface area contributed by atoms with Crippen molar-refractivity contribution in [3.63, 3.8) is 0 Å². The molecule has 0 radical (unpaired) electrons. The van der Waals surface area contributed by atoms with E-state index < -0.39 is 0 Å². The smallest absolute Gasteiger partial charge is 0.238 e. The van der Waals surface area contributed by atoms with Crippen molar-refractivity contribution in [1.82, 2.24) is 9.13 Å². The van der Waals surface area contributed by atoms with E-state index in [-0.39, 0.29) is 11.5 Å². The van der Waals surface area contributed by atoms with Gasteiger partial charge in [0.2, 0.25) is 5.90 Å². The minimum Gasteiger partial charge on any atom is -0.468 e. The van der Waals surface area contributed by atoms with Crippen molar-refractivity contribution in [1.29, 1.82) is 0 Å². The van der Waals surface area contributed by atoms with E-state index >= 15 is 0 Å². The Labute approximate surface area is 315 Å². The quantitative estimate of drug-likeness (QED) is 0.0811. The summed E-state index contributed by atoms with van der Waals surface area (Å²) in [6, 6.07) is 58.5. The van der Waals surface area contributed by atoms with Crippen LogP contribution < -0.4 is 5.84 Å². The highest BCUT2D eigenvalue weighted by Crippen LogP contribution is 2.38. The third kappa shape index (κ3) is 5.69. The van der Waals surface area contributed by atoms with Gasteiger partial charge in [0.1, 0.15) is 6.10 Å². The number of ether oxygens (including phenoxy) is 1. The molecule has 1 atom stereocenters. The molecule has 5 heteroatoms. The summed E-state index contributed by atoms with van der Waals surface area (Å²) in [5.41, 5.74) is 12.6. The summed E-state index contributed by atoms with van der Waals surface area (Å²) in [6.45, 7) is 8.78. The van der Waals surface area contributed by atoms with Gasteiger partial charge in [0.05, 0.1) is 22.1 Å². The molecule has 0 bridgehead atoms. The highest BCUT2D eigenvalue weighted by Gasteiger charge is 2.18. The van der Waals surface area contributed by atoms with Crippen molar-refractivity contribution in [2.24, 2.45) is 10.9 Å². The maximum atomic E-state index is 6.20. The van der Waals surface area contributed by atoms with Gasteiger partial charge in [-0.25, -0.2) is 0 Å². The molecule has 2 aromatic heterocycles. The molecule has 264 valence electrons. The number of aromatic nitrogens is 2. The number of hydrazone groups is 1. The van der Waals surface area contributed by atoms with E-state index in [4.69, 9.17) is 10.6 Å². The first-order chi connectivity index (χ1) is 26.3. The molecule has 9 rings (SSSR count). The Morgan fingerprint density at radius 1 is 0.537 bits per heavy atom. The van der Waals surface area contributed by atoms with Crippen LogP contribution in [0.25, 0.3) is 66.1 Å². The lowest BCUT2D eigenvalue weighted by atomic mass is 9.87. The highest BCUT2D eigenvalue weighted by atomic mass is 16.5. The van der Waals surface area contributed by atoms with Gasteiger partial charge >= 0.3 is 0 Å². The molecular formula is C49H42N4O. The maximum absolute atomic E-state index is 6.20. The van der Waals surface area contributed by atoms with Crippen LogP contribution in [0, 0.1) is 0 Å². The fraction of sp³-hybridized carbons (Fsp3) is 0.122. The fourth-order valence-corrected chi connectivity index (χ4v) is 7.86. The monoisotopic (exact) mass is 702 g/mol. The van der Waals surface area contributed by atoms with E-state index in [9.17, 15) is 0 Å². The number of benzene rings is 7. The fourth-order valence-electron chi connectivity index (χ4n) is 7.86. The lowest BCUT2D eigenvalue weighted by Gasteiger charge is -2.19. The molecule has 7 aromatic carbocycles. The van der Waals surface area contributed by atoms with Gasteiger partial charge < -0.3 is 19.7 Å². The molecule has 0 fully saturated rings. The predicted molar refractivity (Wildman–Crippen MR) is 226 cm³/mol. The molecular weight excluding hydrogens is 661 g/mol. The zero-order valence-corrected chi connectivity index (χ0v) is 31.0. The third-order valence-corrected chi connectivity index (χ3v) is 10.7. The zero-order valence-electron chi connectivity index (χ0n) is 31.0. The number of nitrogens with two attached hydrogens (primary N) is 1. The average Bonchev–Trinajstić information content (AvgIpc) is 3.72. The Bertz CT molecular complexity index is 2840. The first-order valence-corrected chi connectivity index (χ1v) is 18.6. The first-order valence-electron chi connectivity index (χ1n) is 18.6. The Morgan fingerprint density at radius 2 is 1.00 bits per heavy atom. The molecule has 0 aliphatic carbocycles. The van der Waals surface area contributed by atoms with Gasteiger partial charge in [-0.3, -0.25) is 0 Å². The summed E-state index contributed by atoms with van der Waals surface area (Å²) in [7, 11) is 0. The van der Waals surface area contributed by atoms with Gasteiger partial charge in [-0.1, -0.05) is 112 Å². The number of fused-ring (bicyclic) bond motifs is 6. The van der Waals surface area contributed by atoms with E-state index in [1.54, 1.807) is 0 Å². The zero-order chi connectivity index (χ0) is 37.0. The summed E-state index contributed by atoms with van der Waals surface area (Å²) < 4.78 is 10.9. The number of nitrogens with zero attached hydrogens (tertiary/aromatic N) is 3. The molecule has 0 aliphatic heterocycles. The van der Waals surface area contributed by atoms with Crippen LogP contribution in [-0.4, -0.2) is 15.0 Å². The second kappa shape index (κ2) is 13.1. The van der Waals surface area contributed by atoms with Gasteiger partial charge in [-0.05, 0) is 107 Å². The Balaban J connectivity index is 1.10. The number of rotatable bonds is 6. The summed E-state index contributed by atoms with van der Waals surface area (Å²) in [5, 5.41) is 8.91. The molecule has 5 nitrogen and oxygen atoms in total. The number of para-hydroxylation sites is 2. The van der Waals surface area contributed by atoms with Crippen LogP contribution in [-0.2, 0) is 10.2 Å². The molecule has 54 heavy (non-hydrogen) atoms. The average molecular weight is 703 g/mol. The molecule has 0 amide bonds. The van der Waals surface area contributed by atoms with Crippen molar-refractivity contribution >= 4 is 49.5 Å². The molecule has 2 heterocycles. The molecule has 2 N–H and O–H groups in total. The Kier molecular flexibility index (Phi) is 8.08. The largest absolute Gasteiger partial charge is 0.468 e. The van der Waals surface area contributed by atoms with E-state index in [1.165, 1.54) is 55.0 Å². The van der Waals surface area contributed by atoms with Crippen molar-refractivity contribution in [2.75, 3.05) is 0 Å². The van der Waals surface area contributed by atoms with E-state index in [1.807, 2.05) is 49.4 Å². The number of hydrogen-bond donors (Lipinski definition) is 1. The van der Waals surface area contributed by atoms with Crippen molar-refractivity contribution in [3.8, 4) is 22.5 Å². The van der Waals surface area contributed by atoms with Crippen LogP contribution in [0.15, 0.2) is 169 Å². The topological polar surface area (TPSA) is 57.5 Å².